The molecule has 0 spiro atoms. The Hall–Kier alpha value is -3.03. The van der Waals surface area contributed by atoms with E-state index in [1.165, 1.54) is 7.11 Å². The van der Waals surface area contributed by atoms with Gasteiger partial charge in [-0.15, -0.1) is 0 Å². The third-order valence-corrected chi connectivity index (χ3v) is 6.07. The minimum atomic E-state index is -1.56. The first-order valence-electron chi connectivity index (χ1n) is 11.5. The number of hydrogen-bond donors (Lipinski definition) is 0. The molecule has 1 aliphatic rings. The van der Waals surface area contributed by atoms with E-state index in [2.05, 4.69) is 0 Å². The van der Waals surface area contributed by atoms with Crippen LogP contribution < -0.4 is 9.47 Å². The topological polar surface area (TPSA) is 61.8 Å². The normalized spacial score (nSPS) is 18.7. The number of hydrogen-bond acceptors (Lipinski definition) is 5. The van der Waals surface area contributed by atoms with Crippen LogP contribution in [0.5, 0.6) is 11.5 Å². The molecule has 0 aromatic heterocycles. The molecule has 0 amide bonds. The Morgan fingerprint density at radius 1 is 1.00 bits per heavy atom. The molecule has 0 bridgehead atoms. The summed E-state index contributed by atoms with van der Waals surface area (Å²) in [6.45, 7) is 1.94. The first-order valence-corrected chi connectivity index (χ1v) is 11.5. The lowest BCUT2D eigenvalue weighted by Crippen LogP contribution is -2.28. The zero-order chi connectivity index (χ0) is 24.7. The monoisotopic (exact) mass is 478 g/mol. The molecule has 0 saturated heterocycles. The number of esters is 2. The van der Waals surface area contributed by atoms with Crippen molar-refractivity contribution in [3.8, 4) is 11.5 Å². The lowest BCUT2D eigenvalue weighted by atomic mass is 9.83. The van der Waals surface area contributed by atoms with Crippen LogP contribution in [0.2, 0.25) is 0 Å². The Bertz CT molecular complexity index is 985. The molecule has 2 aromatic rings. The summed E-state index contributed by atoms with van der Waals surface area (Å²) in [5.41, 5.74) is 0.498. The highest BCUT2D eigenvalue weighted by Crippen LogP contribution is 2.35. The number of methoxy groups -OCH3 is 1. The molecule has 0 heterocycles. The zero-order valence-corrected chi connectivity index (χ0v) is 19.3. The van der Waals surface area contributed by atoms with Gasteiger partial charge < -0.3 is 14.2 Å². The van der Waals surface area contributed by atoms with Crippen molar-refractivity contribution in [3.63, 3.8) is 0 Å². The van der Waals surface area contributed by atoms with E-state index in [1.807, 2.05) is 19.1 Å². The minimum Gasteiger partial charge on any atom is -0.494 e. The third-order valence-electron chi connectivity index (χ3n) is 6.07. The lowest BCUT2D eigenvalue weighted by Gasteiger charge is -2.29. The van der Waals surface area contributed by atoms with Crippen LogP contribution in [0.25, 0.3) is 0 Å². The van der Waals surface area contributed by atoms with Crippen LogP contribution in [-0.2, 0) is 9.53 Å². The van der Waals surface area contributed by atoms with E-state index >= 15 is 0 Å². The second-order valence-corrected chi connectivity index (χ2v) is 8.42. The van der Waals surface area contributed by atoms with Crippen LogP contribution in [0.3, 0.4) is 0 Å². The largest absolute Gasteiger partial charge is 0.494 e. The Morgan fingerprint density at radius 3 is 2.29 bits per heavy atom. The molecule has 34 heavy (non-hydrogen) atoms. The van der Waals surface area contributed by atoms with Gasteiger partial charge in [-0.3, -0.25) is 0 Å². The molecular formula is C26H29F3O5. The molecule has 1 aliphatic carbocycles. The molecular weight excluding hydrogens is 449 g/mol. The molecule has 184 valence electrons. The number of ether oxygens (including phenoxy) is 3. The van der Waals surface area contributed by atoms with Gasteiger partial charge in [-0.25, -0.2) is 18.4 Å². The van der Waals surface area contributed by atoms with Gasteiger partial charge in [0.05, 0.1) is 12.7 Å². The van der Waals surface area contributed by atoms with E-state index < -0.39 is 35.3 Å². The highest BCUT2D eigenvalue weighted by Gasteiger charge is 2.28. The van der Waals surface area contributed by atoms with Crippen molar-refractivity contribution in [2.75, 3.05) is 7.11 Å². The molecule has 1 saturated carbocycles. The van der Waals surface area contributed by atoms with Crippen LogP contribution in [0.1, 0.15) is 73.7 Å². The Balaban J connectivity index is 1.52. The van der Waals surface area contributed by atoms with Crippen LogP contribution >= 0.6 is 0 Å². The molecule has 0 radical (unpaired) electrons. The van der Waals surface area contributed by atoms with E-state index in [-0.39, 0.29) is 29.9 Å². The van der Waals surface area contributed by atoms with E-state index in [0.29, 0.717) is 19.3 Å². The SMILES string of the molecule is CCCC[C@H](F)C(=O)OC1CCC(c2ccc(OC(=O)c3ccc(OC)c(F)c3F)cc2)CC1. The second-order valence-electron chi connectivity index (χ2n) is 8.42. The molecule has 8 heteroatoms. The number of unbranched alkanes of at least 4 members (excludes halogenated alkanes) is 1. The number of alkyl halides is 1. The maximum atomic E-state index is 14.1. The van der Waals surface area contributed by atoms with Crippen LogP contribution in [0, 0.1) is 11.6 Å². The van der Waals surface area contributed by atoms with Crippen LogP contribution in [0.4, 0.5) is 13.2 Å². The van der Waals surface area contributed by atoms with Crippen molar-refractivity contribution in [2.24, 2.45) is 0 Å². The smallest absolute Gasteiger partial charge is 0.346 e. The van der Waals surface area contributed by atoms with Gasteiger partial charge in [-0.2, -0.15) is 4.39 Å². The van der Waals surface area contributed by atoms with Crippen LogP contribution in [-0.4, -0.2) is 31.3 Å². The summed E-state index contributed by atoms with van der Waals surface area (Å²) in [7, 11) is 1.20. The summed E-state index contributed by atoms with van der Waals surface area (Å²) < 4.78 is 57.0. The maximum Gasteiger partial charge on any atom is 0.346 e. The predicted molar refractivity (Wildman–Crippen MR) is 120 cm³/mol. The van der Waals surface area contributed by atoms with Crippen molar-refractivity contribution in [3.05, 3.63) is 59.2 Å². The Labute approximate surface area is 197 Å². The molecule has 3 rings (SSSR count). The van der Waals surface area contributed by atoms with Gasteiger partial charge in [0.2, 0.25) is 5.82 Å². The summed E-state index contributed by atoms with van der Waals surface area (Å²) >= 11 is 0. The Morgan fingerprint density at radius 2 is 1.68 bits per heavy atom. The maximum absolute atomic E-state index is 14.1. The summed E-state index contributed by atoms with van der Waals surface area (Å²) in [6, 6.07) is 9.08. The van der Waals surface area contributed by atoms with Gasteiger partial charge in [0.1, 0.15) is 11.9 Å². The van der Waals surface area contributed by atoms with Gasteiger partial charge in [-0.05, 0) is 67.9 Å². The number of carbonyl (C=O) groups is 2. The minimum absolute atomic E-state index is 0.196. The third kappa shape index (κ3) is 6.30. The number of carbonyl (C=O) groups excluding carboxylic acids is 2. The standard InChI is InChI=1S/C26H29F3O5/c1-3-4-5-21(27)26(31)34-19-12-8-17(9-13-19)16-6-10-18(11-7-16)33-25(30)20-14-15-22(32-2)24(29)23(20)28/h6-7,10-11,14-15,17,19,21H,3-5,8-9,12-13H2,1-2H3/t17?,19?,21-/m0/s1. The molecule has 1 atom stereocenters. The fourth-order valence-corrected chi connectivity index (χ4v) is 4.07. The van der Waals surface area contributed by atoms with Crippen molar-refractivity contribution in [1.29, 1.82) is 0 Å². The predicted octanol–water partition coefficient (Wildman–Crippen LogP) is 6.29. The average molecular weight is 479 g/mol. The lowest BCUT2D eigenvalue weighted by molar-refractivity contribution is -0.157. The van der Waals surface area contributed by atoms with E-state index in [4.69, 9.17) is 14.2 Å². The van der Waals surface area contributed by atoms with E-state index in [0.717, 1.165) is 37.0 Å². The molecule has 0 N–H and O–H groups in total. The van der Waals surface area contributed by atoms with E-state index in [1.54, 1.807) is 12.1 Å². The first kappa shape index (κ1) is 25.6. The summed E-state index contributed by atoms with van der Waals surface area (Å²) in [5.74, 6) is -4.24. The highest BCUT2D eigenvalue weighted by molar-refractivity contribution is 5.91. The average Bonchev–Trinajstić information content (AvgIpc) is 2.85. The number of rotatable bonds is 9. The van der Waals surface area contributed by atoms with Crippen molar-refractivity contribution in [1.82, 2.24) is 0 Å². The zero-order valence-electron chi connectivity index (χ0n) is 19.3. The van der Waals surface area contributed by atoms with Gasteiger partial charge in [-0.1, -0.05) is 31.9 Å². The Kier molecular flexibility index (Phi) is 8.96. The summed E-state index contributed by atoms with van der Waals surface area (Å²) in [4.78, 5) is 24.1. The molecule has 1 fully saturated rings. The van der Waals surface area contributed by atoms with Crippen LogP contribution in [0.15, 0.2) is 36.4 Å². The van der Waals surface area contributed by atoms with Gasteiger partial charge in [0.15, 0.2) is 17.7 Å². The van der Waals surface area contributed by atoms with Crippen molar-refractivity contribution >= 4 is 11.9 Å². The highest BCUT2D eigenvalue weighted by atomic mass is 19.2. The summed E-state index contributed by atoms with van der Waals surface area (Å²) in [5, 5.41) is 0. The number of halogens is 3. The molecule has 2 aromatic carbocycles. The van der Waals surface area contributed by atoms with Crippen molar-refractivity contribution in [2.45, 2.75) is 70.1 Å². The molecule has 0 aliphatic heterocycles. The van der Waals surface area contributed by atoms with Crippen molar-refractivity contribution < 1.29 is 37.0 Å². The van der Waals surface area contributed by atoms with E-state index in [9.17, 15) is 22.8 Å². The fourth-order valence-electron chi connectivity index (χ4n) is 4.07. The number of benzene rings is 2. The van der Waals surface area contributed by atoms with Gasteiger partial charge in [0.25, 0.3) is 0 Å². The quantitative estimate of drug-likeness (QED) is 0.313. The second kappa shape index (κ2) is 11.9. The molecule has 0 unspecified atom stereocenters. The molecule has 5 nitrogen and oxygen atoms in total. The van der Waals surface area contributed by atoms with Gasteiger partial charge in [0, 0.05) is 0 Å². The fraction of sp³-hybridized carbons (Fsp3) is 0.462. The summed E-state index contributed by atoms with van der Waals surface area (Å²) in [6.07, 6.45) is 2.69. The van der Waals surface area contributed by atoms with Gasteiger partial charge >= 0.3 is 11.9 Å². The first-order chi connectivity index (χ1) is 16.3.